The highest BCUT2D eigenvalue weighted by Gasteiger charge is 2.14. The molecule has 96 valence electrons. The molecule has 0 N–H and O–H groups in total. The van der Waals surface area contributed by atoms with Gasteiger partial charge in [-0.15, -0.1) is 0 Å². The minimum absolute atomic E-state index is 0.549. The van der Waals surface area contributed by atoms with Crippen molar-refractivity contribution in [3.8, 4) is 0 Å². The molecule has 0 saturated heterocycles. The first-order valence-electron chi connectivity index (χ1n) is 6.37. The Bertz CT molecular complexity index is 488. The van der Waals surface area contributed by atoms with Crippen LogP contribution in [0.2, 0.25) is 0 Å². The number of halogens is 1. The van der Waals surface area contributed by atoms with E-state index in [0.29, 0.717) is 5.92 Å². The van der Waals surface area contributed by atoms with E-state index in [1.165, 1.54) is 35.1 Å². The maximum Gasteiger partial charge on any atom is 0.00979 e. The largest absolute Gasteiger partial charge is 0.152 e. The topological polar surface area (TPSA) is 0 Å². The number of aryl methyl sites for hydroxylation is 2. The Balaban J connectivity index is 2.30. The quantitative estimate of drug-likeness (QED) is 0.622. The summed E-state index contributed by atoms with van der Waals surface area (Å²) in [6, 6.07) is 9.15. The Labute approximate surface area is 122 Å². The van der Waals surface area contributed by atoms with Crippen LogP contribution in [-0.2, 0) is 0 Å². The number of benzene rings is 1. The van der Waals surface area contributed by atoms with Gasteiger partial charge in [0.05, 0.1) is 0 Å². The van der Waals surface area contributed by atoms with Crippen molar-refractivity contribution < 1.29 is 0 Å². The number of hydrogen-bond donors (Lipinski definition) is 0. The van der Waals surface area contributed by atoms with Crippen molar-refractivity contribution in [1.82, 2.24) is 0 Å². The van der Waals surface area contributed by atoms with Gasteiger partial charge in [0.1, 0.15) is 0 Å². The van der Waals surface area contributed by atoms with Crippen molar-refractivity contribution in [3.05, 3.63) is 57.3 Å². The summed E-state index contributed by atoms with van der Waals surface area (Å²) in [5.41, 5.74) is 5.69. The Kier molecular flexibility index (Phi) is 5.02. The molecule has 2 aromatic rings. The van der Waals surface area contributed by atoms with Gasteiger partial charge in [0.2, 0.25) is 0 Å². The molecule has 0 radical (unpaired) electrons. The average Bonchev–Trinajstić information content (AvgIpc) is 2.88. The van der Waals surface area contributed by atoms with Crippen molar-refractivity contribution in [3.63, 3.8) is 0 Å². The molecule has 0 bridgehead atoms. The van der Waals surface area contributed by atoms with Gasteiger partial charge < -0.3 is 0 Å². The second-order valence-corrected chi connectivity index (χ2v) is 6.36. The number of alkyl halides is 1. The molecule has 0 nitrogen and oxygen atoms in total. The molecule has 0 saturated carbocycles. The zero-order chi connectivity index (χ0) is 13.0. The van der Waals surface area contributed by atoms with Crippen LogP contribution in [0.25, 0.3) is 0 Å². The van der Waals surface area contributed by atoms with Gasteiger partial charge in [-0.25, -0.2) is 0 Å². The first-order valence-corrected chi connectivity index (χ1v) is 8.44. The smallest absolute Gasteiger partial charge is 0.00979 e. The van der Waals surface area contributed by atoms with Crippen molar-refractivity contribution in [2.45, 2.75) is 32.6 Å². The molecular weight excluding hydrogens is 304 g/mol. The van der Waals surface area contributed by atoms with Gasteiger partial charge in [0.15, 0.2) is 0 Å². The van der Waals surface area contributed by atoms with Crippen molar-refractivity contribution in [1.29, 1.82) is 0 Å². The molecule has 1 atom stereocenters. The van der Waals surface area contributed by atoms with Gasteiger partial charge >= 0.3 is 0 Å². The van der Waals surface area contributed by atoms with Gasteiger partial charge in [0.25, 0.3) is 0 Å². The van der Waals surface area contributed by atoms with Gasteiger partial charge in [-0.3, -0.25) is 0 Å². The van der Waals surface area contributed by atoms with Crippen molar-refractivity contribution in [2.24, 2.45) is 0 Å². The summed E-state index contributed by atoms with van der Waals surface area (Å²) in [6.07, 6.45) is 2.43. The Hall–Kier alpha value is -0.600. The lowest BCUT2D eigenvalue weighted by Gasteiger charge is -2.17. The SMILES string of the molecule is Cc1ccc([C@@H](CCCBr)c2ccsc2)cc1C. The lowest BCUT2D eigenvalue weighted by molar-refractivity contribution is 0.706. The van der Waals surface area contributed by atoms with E-state index in [1.54, 1.807) is 11.3 Å². The summed E-state index contributed by atoms with van der Waals surface area (Å²) in [7, 11) is 0. The van der Waals surface area contributed by atoms with Gasteiger partial charge in [-0.2, -0.15) is 11.3 Å². The molecule has 18 heavy (non-hydrogen) atoms. The highest BCUT2D eigenvalue weighted by atomic mass is 79.9. The van der Waals surface area contributed by atoms with Crippen LogP contribution < -0.4 is 0 Å². The van der Waals surface area contributed by atoms with Crippen LogP contribution in [-0.4, -0.2) is 5.33 Å². The van der Waals surface area contributed by atoms with Crippen LogP contribution in [0, 0.1) is 13.8 Å². The molecule has 2 heteroatoms. The lowest BCUT2D eigenvalue weighted by Crippen LogP contribution is -2.01. The third kappa shape index (κ3) is 3.24. The summed E-state index contributed by atoms with van der Waals surface area (Å²) in [6.45, 7) is 4.38. The maximum absolute atomic E-state index is 3.54. The monoisotopic (exact) mass is 322 g/mol. The predicted molar refractivity (Wildman–Crippen MR) is 85.1 cm³/mol. The van der Waals surface area contributed by atoms with E-state index in [-0.39, 0.29) is 0 Å². The van der Waals surface area contributed by atoms with E-state index in [1.807, 2.05) is 0 Å². The van der Waals surface area contributed by atoms with E-state index in [2.05, 4.69) is 64.8 Å². The molecular formula is C16H19BrS. The zero-order valence-corrected chi connectivity index (χ0v) is 13.4. The summed E-state index contributed by atoms with van der Waals surface area (Å²) < 4.78 is 0. The minimum atomic E-state index is 0.549. The van der Waals surface area contributed by atoms with E-state index in [9.17, 15) is 0 Å². The van der Waals surface area contributed by atoms with E-state index < -0.39 is 0 Å². The van der Waals surface area contributed by atoms with Crippen LogP contribution >= 0.6 is 27.3 Å². The van der Waals surface area contributed by atoms with E-state index in [0.717, 1.165) is 5.33 Å². The van der Waals surface area contributed by atoms with Crippen LogP contribution in [0.4, 0.5) is 0 Å². The summed E-state index contributed by atoms with van der Waals surface area (Å²) in [4.78, 5) is 0. The second-order valence-electron chi connectivity index (χ2n) is 4.78. The fourth-order valence-corrected chi connectivity index (χ4v) is 3.30. The molecule has 0 aliphatic carbocycles. The lowest BCUT2D eigenvalue weighted by atomic mass is 9.88. The number of thiophene rings is 1. The highest BCUT2D eigenvalue weighted by molar-refractivity contribution is 9.09. The molecule has 1 aromatic heterocycles. The molecule has 2 rings (SSSR count). The maximum atomic E-state index is 3.54. The molecule has 0 aliphatic heterocycles. The number of hydrogen-bond acceptors (Lipinski definition) is 1. The molecule has 0 spiro atoms. The van der Waals surface area contributed by atoms with Crippen molar-refractivity contribution >= 4 is 27.3 Å². The standard InChI is InChI=1S/C16H19BrS/c1-12-5-6-14(10-13(12)2)16(4-3-8-17)15-7-9-18-11-15/h5-7,9-11,16H,3-4,8H2,1-2H3/t16-/m1/s1. The van der Waals surface area contributed by atoms with E-state index >= 15 is 0 Å². The summed E-state index contributed by atoms with van der Waals surface area (Å²) in [5.74, 6) is 0.549. The Morgan fingerprint density at radius 1 is 1.11 bits per heavy atom. The first-order chi connectivity index (χ1) is 8.72. The minimum Gasteiger partial charge on any atom is -0.152 e. The molecule has 1 heterocycles. The molecule has 0 amide bonds. The molecule has 1 aromatic carbocycles. The second kappa shape index (κ2) is 6.53. The molecule has 0 fully saturated rings. The van der Waals surface area contributed by atoms with Gasteiger partial charge in [-0.05, 0) is 65.8 Å². The summed E-state index contributed by atoms with van der Waals surface area (Å²) >= 11 is 5.33. The highest BCUT2D eigenvalue weighted by Crippen LogP contribution is 2.31. The Morgan fingerprint density at radius 2 is 1.94 bits per heavy atom. The fraction of sp³-hybridized carbons (Fsp3) is 0.375. The zero-order valence-electron chi connectivity index (χ0n) is 10.9. The normalized spacial score (nSPS) is 12.6. The number of rotatable bonds is 5. The average molecular weight is 323 g/mol. The molecule has 0 aliphatic rings. The van der Waals surface area contributed by atoms with Gasteiger partial charge in [0, 0.05) is 11.2 Å². The van der Waals surface area contributed by atoms with Crippen LogP contribution in [0.3, 0.4) is 0 Å². The molecule has 0 unspecified atom stereocenters. The first kappa shape index (κ1) is 13.8. The third-order valence-electron chi connectivity index (χ3n) is 3.51. The van der Waals surface area contributed by atoms with Crippen molar-refractivity contribution in [2.75, 3.05) is 5.33 Å². The van der Waals surface area contributed by atoms with E-state index in [4.69, 9.17) is 0 Å². The Morgan fingerprint density at radius 3 is 2.56 bits per heavy atom. The van der Waals surface area contributed by atoms with Gasteiger partial charge in [-0.1, -0.05) is 34.1 Å². The van der Waals surface area contributed by atoms with Crippen LogP contribution in [0.5, 0.6) is 0 Å². The third-order valence-corrected chi connectivity index (χ3v) is 4.77. The summed E-state index contributed by atoms with van der Waals surface area (Å²) in [5, 5.41) is 5.55. The van der Waals surface area contributed by atoms with Crippen LogP contribution in [0.1, 0.15) is 41.0 Å². The fourth-order valence-electron chi connectivity index (χ4n) is 2.26. The predicted octanol–water partition coefficient (Wildman–Crippen LogP) is 5.67. The van der Waals surface area contributed by atoms with Crippen LogP contribution in [0.15, 0.2) is 35.0 Å².